The summed E-state index contributed by atoms with van der Waals surface area (Å²) >= 11 is 0. The predicted molar refractivity (Wildman–Crippen MR) is 128 cm³/mol. The number of nitrogens with zero attached hydrogens (tertiary/aromatic N) is 3. The van der Waals surface area contributed by atoms with E-state index in [-0.39, 0.29) is 10.8 Å². The van der Waals surface area contributed by atoms with Crippen LogP contribution in [0.5, 0.6) is 5.75 Å². The topological polar surface area (TPSA) is 127 Å². The van der Waals surface area contributed by atoms with E-state index in [0.29, 0.717) is 60.2 Å². The molecule has 1 saturated heterocycles. The van der Waals surface area contributed by atoms with Crippen LogP contribution in [0.1, 0.15) is 10.4 Å². The van der Waals surface area contributed by atoms with Gasteiger partial charge >= 0.3 is 0 Å². The third-order valence-corrected chi connectivity index (χ3v) is 6.91. The van der Waals surface area contributed by atoms with Gasteiger partial charge in [-0.2, -0.15) is 5.10 Å². The number of aromatic amines is 1. The van der Waals surface area contributed by atoms with Crippen LogP contribution in [0, 0.1) is 0 Å². The molecule has 1 fully saturated rings. The third-order valence-electron chi connectivity index (χ3n) is 5.80. The Morgan fingerprint density at radius 1 is 1.15 bits per heavy atom. The number of methoxy groups -OCH3 is 1. The molecular formula is C23H23N5O5S. The first-order valence-electron chi connectivity index (χ1n) is 10.6. The van der Waals surface area contributed by atoms with Gasteiger partial charge in [0.05, 0.1) is 42.6 Å². The van der Waals surface area contributed by atoms with Crippen molar-refractivity contribution in [3.05, 3.63) is 48.2 Å². The number of rotatable bonds is 5. The van der Waals surface area contributed by atoms with Gasteiger partial charge in [0.2, 0.25) is 0 Å². The molecule has 0 unspecified atom stereocenters. The van der Waals surface area contributed by atoms with Crippen molar-refractivity contribution in [1.82, 2.24) is 20.1 Å². The molecule has 176 valence electrons. The van der Waals surface area contributed by atoms with E-state index in [2.05, 4.69) is 20.5 Å². The summed E-state index contributed by atoms with van der Waals surface area (Å²) in [5, 5.41) is 11.9. The molecule has 2 N–H and O–H groups in total. The molecular weight excluding hydrogens is 458 g/mol. The van der Waals surface area contributed by atoms with Gasteiger partial charge < -0.3 is 19.7 Å². The Labute approximate surface area is 195 Å². The maximum atomic E-state index is 12.9. The lowest BCUT2D eigenvalue weighted by Gasteiger charge is -2.27. The quantitative estimate of drug-likeness (QED) is 0.446. The largest absolute Gasteiger partial charge is 0.495 e. The number of carbonyl (C=O) groups is 1. The summed E-state index contributed by atoms with van der Waals surface area (Å²) in [5.74, 6) is 0.844. The number of pyridine rings is 1. The lowest BCUT2D eigenvalue weighted by molar-refractivity contribution is 0.0302. The molecule has 0 saturated carbocycles. The SMILES string of the molecule is COc1cc(C(=O)N2CCOCC2)ccc1Nc1nc2cc(S(C)(=O)=O)ccc2c2cn[nH]c12. The summed E-state index contributed by atoms with van der Waals surface area (Å²) in [6.45, 7) is 2.15. The lowest BCUT2D eigenvalue weighted by Crippen LogP contribution is -2.40. The van der Waals surface area contributed by atoms with Gasteiger partial charge in [-0.25, -0.2) is 13.4 Å². The maximum Gasteiger partial charge on any atom is 0.254 e. The van der Waals surface area contributed by atoms with Crippen LogP contribution in [0.3, 0.4) is 0 Å². The van der Waals surface area contributed by atoms with Crippen molar-refractivity contribution in [2.75, 3.05) is 45.0 Å². The normalized spacial score (nSPS) is 14.5. The molecule has 1 aliphatic rings. The molecule has 0 radical (unpaired) electrons. The number of benzene rings is 2. The highest BCUT2D eigenvalue weighted by molar-refractivity contribution is 7.90. The van der Waals surface area contributed by atoms with Crippen molar-refractivity contribution >= 4 is 49.1 Å². The molecule has 2 aromatic carbocycles. The zero-order valence-electron chi connectivity index (χ0n) is 18.7. The van der Waals surface area contributed by atoms with Crippen LogP contribution in [-0.2, 0) is 14.6 Å². The molecule has 11 heteroatoms. The van der Waals surface area contributed by atoms with E-state index >= 15 is 0 Å². The Morgan fingerprint density at radius 2 is 1.94 bits per heavy atom. The van der Waals surface area contributed by atoms with Crippen molar-refractivity contribution < 1.29 is 22.7 Å². The third kappa shape index (κ3) is 4.03. The number of nitrogens with one attached hydrogen (secondary N) is 2. The average Bonchev–Trinajstić information content (AvgIpc) is 3.34. The molecule has 3 heterocycles. The second-order valence-electron chi connectivity index (χ2n) is 8.01. The molecule has 0 atom stereocenters. The van der Waals surface area contributed by atoms with Crippen LogP contribution < -0.4 is 10.1 Å². The first kappa shape index (κ1) is 22.1. The number of morpholine rings is 1. The fourth-order valence-electron chi connectivity index (χ4n) is 4.00. The number of hydrogen-bond donors (Lipinski definition) is 2. The van der Waals surface area contributed by atoms with Gasteiger partial charge in [-0.1, -0.05) is 6.07 Å². The van der Waals surface area contributed by atoms with E-state index in [4.69, 9.17) is 9.47 Å². The molecule has 34 heavy (non-hydrogen) atoms. The second kappa shape index (κ2) is 8.58. The van der Waals surface area contributed by atoms with Crippen molar-refractivity contribution in [2.45, 2.75) is 4.90 Å². The Morgan fingerprint density at radius 3 is 2.68 bits per heavy atom. The minimum Gasteiger partial charge on any atom is -0.495 e. The van der Waals surface area contributed by atoms with Gasteiger partial charge in [0.25, 0.3) is 5.91 Å². The van der Waals surface area contributed by atoms with Crippen molar-refractivity contribution in [3.63, 3.8) is 0 Å². The molecule has 1 aliphatic heterocycles. The highest BCUT2D eigenvalue weighted by Crippen LogP contribution is 2.34. The molecule has 10 nitrogen and oxygen atoms in total. The van der Waals surface area contributed by atoms with Crippen LogP contribution in [-0.4, -0.2) is 74.1 Å². The number of ether oxygens (including phenoxy) is 2. The van der Waals surface area contributed by atoms with Crippen molar-refractivity contribution in [2.24, 2.45) is 0 Å². The Hall–Kier alpha value is -3.70. The minimum atomic E-state index is -3.39. The molecule has 2 aromatic heterocycles. The summed E-state index contributed by atoms with van der Waals surface area (Å²) < 4.78 is 34.9. The predicted octanol–water partition coefficient (Wildman–Crippen LogP) is 2.74. The molecule has 1 amide bonds. The number of hydrogen-bond acceptors (Lipinski definition) is 8. The lowest BCUT2D eigenvalue weighted by atomic mass is 10.1. The van der Waals surface area contributed by atoms with Gasteiger partial charge in [-0.05, 0) is 30.3 Å². The van der Waals surface area contributed by atoms with E-state index in [1.807, 2.05) is 0 Å². The average molecular weight is 482 g/mol. The van der Waals surface area contributed by atoms with Crippen LogP contribution in [0.2, 0.25) is 0 Å². The fourth-order valence-corrected chi connectivity index (χ4v) is 4.65. The highest BCUT2D eigenvalue weighted by atomic mass is 32.2. The van der Waals surface area contributed by atoms with E-state index in [1.165, 1.54) is 7.11 Å². The zero-order chi connectivity index (χ0) is 23.9. The number of amides is 1. The highest BCUT2D eigenvalue weighted by Gasteiger charge is 2.20. The minimum absolute atomic E-state index is 0.0822. The fraction of sp³-hybridized carbons (Fsp3) is 0.261. The van der Waals surface area contributed by atoms with Crippen LogP contribution in [0.15, 0.2) is 47.5 Å². The van der Waals surface area contributed by atoms with E-state index in [1.54, 1.807) is 47.5 Å². The number of carbonyl (C=O) groups excluding carboxylic acids is 1. The Bertz CT molecular complexity index is 1510. The summed E-state index contributed by atoms with van der Waals surface area (Å²) in [7, 11) is -1.86. The van der Waals surface area contributed by atoms with Gasteiger partial charge in [0.1, 0.15) is 11.3 Å². The zero-order valence-corrected chi connectivity index (χ0v) is 19.5. The molecule has 5 rings (SSSR count). The number of anilines is 2. The smallest absolute Gasteiger partial charge is 0.254 e. The summed E-state index contributed by atoms with van der Waals surface area (Å²) in [5.41, 5.74) is 2.29. The molecule has 0 aliphatic carbocycles. The van der Waals surface area contributed by atoms with Crippen molar-refractivity contribution in [1.29, 1.82) is 0 Å². The van der Waals surface area contributed by atoms with Crippen LogP contribution in [0.4, 0.5) is 11.5 Å². The van der Waals surface area contributed by atoms with Crippen molar-refractivity contribution in [3.8, 4) is 5.75 Å². The van der Waals surface area contributed by atoms with Gasteiger partial charge in [0, 0.05) is 35.7 Å². The monoisotopic (exact) mass is 481 g/mol. The van der Waals surface area contributed by atoms with Crippen LogP contribution in [0.25, 0.3) is 21.8 Å². The summed E-state index contributed by atoms with van der Waals surface area (Å²) in [6.07, 6.45) is 2.83. The number of aromatic nitrogens is 3. The van der Waals surface area contributed by atoms with E-state index in [9.17, 15) is 13.2 Å². The van der Waals surface area contributed by atoms with E-state index < -0.39 is 9.84 Å². The molecule has 4 aromatic rings. The first-order valence-corrected chi connectivity index (χ1v) is 12.5. The number of sulfone groups is 1. The molecule has 0 spiro atoms. The second-order valence-corrected chi connectivity index (χ2v) is 10.0. The number of H-pyrrole nitrogens is 1. The number of fused-ring (bicyclic) bond motifs is 3. The Kier molecular flexibility index (Phi) is 5.58. The standard InChI is InChI=1S/C23H23N5O5S/c1-32-20-11-14(23(29)28-7-9-33-10-8-28)3-6-18(20)25-22-21-17(13-24-27-21)16-5-4-15(34(2,30)31)12-19(16)26-22/h3-6,11-13H,7-10H2,1-2H3,(H,24,27)(H,25,26). The molecule has 0 bridgehead atoms. The van der Waals surface area contributed by atoms with Gasteiger partial charge in [-0.15, -0.1) is 0 Å². The van der Waals surface area contributed by atoms with Gasteiger partial charge in [-0.3, -0.25) is 9.89 Å². The van der Waals surface area contributed by atoms with Gasteiger partial charge in [0.15, 0.2) is 15.7 Å². The summed E-state index contributed by atoms with van der Waals surface area (Å²) in [4.78, 5) is 19.5. The van der Waals surface area contributed by atoms with E-state index in [0.717, 1.165) is 17.0 Å². The van der Waals surface area contributed by atoms with Crippen LogP contribution >= 0.6 is 0 Å². The maximum absolute atomic E-state index is 12.9. The first-order chi connectivity index (χ1) is 16.3. The summed E-state index contributed by atoms with van der Waals surface area (Å²) in [6, 6.07) is 10.0. The Balaban J connectivity index is 1.54.